The monoisotopic (exact) mass is 301 g/mol. The fourth-order valence-electron chi connectivity index (χ4n) is 2.43. The number of hydrogen-bond acceptors (Lipinski definition) is 3. The van der Waals surface area contributed by atoms with Crippen molar-refractivity contribution in [2.24, 2.45) is 0 Å². The number of imidazole rings is 1. The molecule has 1 aliphatic rings. The van der Waals surface area contributed by atoms with Crippen LogP contribution in [0.5, 0.6) is 0 Å². The summed E-state index contributed by atoms with van der Waals surface area (Å²) in [6.07, 6.45) is 3.99. The molecular formula is C12H13Cl2N3S. The van der Waals surface area contributed by atoms with Gasteiger partial charge in [0.25, 0.3) is 0 Å². The zero-order valence-corrected chi connectivity index (χ0v) is 12.1. The topological polar surface area (TPSA) is 30.7 Å². The fraction of sp³-hybridized carbons (Fsp3) is 0.500. The molecule has 3 heterocycles. The number of rotatable bonds is 2. The number of nitrogens with zero attached hydrogens (tertiary/aromatic N) is 3. The molecule has 1 aliphatic heterocycles. The average Bonchev–Trinajstić information content (AvgIpc) is 2.77. The number of halogens is 2. The molecule has 2 aromatic heterocycles. The summed E-state index contributed by atoms with van der Waals surface area (Å²) in [5.74, 6) is 3.70. The molecule has 0 N–H and O–H groups in total. The Morgan fingerprint density at radius 1 is 1.39 bits per heavy atom. The third kappa shape index (κ3) is 2.22. The van der Waals surface area contributed by atoms with Crippen LogP contribution in [-0.4, -0.2) is 26.0 Å². The lowest BCUT2D eigenvalue weighted by molar-refractivity contribution is 0.467. The number of aromatic nitrogens is 3. The van der Waals surface area contributed by atoms with Gasteiger partial charge < -0.3 is 4.57 Å². The molecule has 0 spiro atoms. The molecule has 1 saturated heterocycles. The summed E-state index contributed by atoms with van der Waals surface area (Å²) in [6.45, 7) is 0. The van der Waals surface area contributed by atoms with Gasteiger partial charge in [-0.3, -0.25) is 0 Å². The van der Waals surface area contributed by atoms with E-state index in [9.17, 15) is 0 Å². The summed E-state index contributed by atoms with van der Waals surface area (Å²) in [5.41, 5.74) is 1.75. The molecule has 0 aromatic carbocycles. The Morgan fingerprint density at radius 2 is 2.17 bits per heavy atom. The summed E-state index contributed by atoms with van der Waals surface area (Å²) in [7, 11) is 0. The fourth-order valence-corrected chi connectivity index (χ4v) is 3.85. The number of alkyl halides is 1. The van der Waals surface area contributed by atoms with Crippen LogP contribution < -0.4 is 0 Å². The zero-order valence-electron chi connectivity index (χ0n) is 9.77. The first-order valence-electron chi connectivity index (χ1n) is 5.95. The van der Waals surface area contributed by atoms with Crippen molar-refractivity contribution in [1.29, 1.82) is 0 Å². The smallest absolute Gasteiger partial charge is 0.160 e. The van der Waals surface area contributed by atoms with E-state index in [0.717, 1.165) is 29.8 Å². The van der Waals surface area contributed by atoms with Gasteiger partial charge >= 0.3 is 0 Å². The maximum Gasteiger partial charge on any atom is 0.160 e. The first kappa shape index (κ1) is 12.6. The van der Waals surface area contributed by atoms with Gasteiger partial charge in [-0.2, -0.15) is 11.8 Å². The molecule has 0 bridgehead atoms. The normalized spacial score (nSPS) is 17.4. The maximum atomic E-state index is 6.01. The van der Waals surface area contributed by atoms with E-state index in [1.165, 1.54) is 11.5 Å². The Labute approximate surface area is 120 Å². The van der Waals surface area contributed by atoms with Gasteiger partial charge in [0.15, 0.2) is 5.65 Å². The second-order valence-electron chi connectivity index (χ2n) is 4.37. The minimum absolute atomic E-state index is 0.414. The van der Waals surface area contributed by atoms with Crippen LogP contribution >= 0.6 is 35.0 Å². The van der Waals surface area contributed by atoms with Crippen LogP contribution in [0.25, 0.3) is 11.2 Å². The van der Waals surface area contributed by atoms with E-state index in [2.05, 4.69) is 14.5 Å². The van der Waals surface area contributed by atoms with E-state index in [1.807, 2.05) is 17.8 Å². The van der Waals surface area contributed by atoms with Gasteiger partial charge in [-0.05, 0) is 30.4 Å². The lowest BCUT2D eigenvalue weighted by atomic mass is 10.1. The van der Waals surface area contributed by atoms with Crippen molar-refractivity contribution < 1.29 is 0 Å². The Morgan fingerprint density at radius 3 is 2.89 bits per heavy atom. The van der Waals surface area contributed by atoms with Gasteiger partial charge in [0.05, 0.1) is 10.9 Å². The highest BCUT2D eigenvalue weighted by Gasteiger charge is 2.21. The average molecular weight is 302 g/mol. The van der Waals surface area contributed by atoms with E-state index in [1.54, 1.807) is 6.20 Å². The van der Waals surface area contributed by atoms with Crippen molar-refractivity contribution in [1.82, 2.24) is 14.5 Å². The molecule has 0 saturated carbocycles. The molecule has 0 aliphatic carbocycles. The summed E-state index contributed by atoms with van der Waals surface area (Å²) >= 11 is 14.0. The molecule has 0 unspecified atom stereocenters. The van der Waals surface area contributed by atoms with E-state index >= 15 is 0 Å². The lowest BCUT2D eigenvalue weighted by Crippen LogP contribution is -2.17. The van der Waals surface area contributed by atoms with Crippen molar-refractivity contribution in [3.8, 4) is 0 Å². The Bertz CT molecular complexity index is 564. The second kappa shape index (κ2) is 5.27. The quantitative estimate of drug-likeness (QED) is 0.788. The van der Waals surface area contributed by atoms with Gasteiger partial charge in [0.1, 0.15) is 11.3 Å². The van der Waals surface area contributed by atoms with Crippen LogP contribution in [0.1, 0.15) is 24.7 Å². The number of pyridine rings is 1. The zero-order chi connectivity index (χ0) is 12.5. The first-order chi connectivity index (χ1) is 8.79. The Kier molecular flexibility index (Phi) is 3.68. The van der Waals surface area contributed by atoms with Gasteiger partial charge in [0, 0.05) is 12.2 Å². The third-order valence-corrected chi connectivity index (χ3v) is 4.74. The first-order valence-corrected chi connectivity index (χ1v) is 8.02. The summed E-state index contributed by atoms with van der Waals surface area (Å²) in [4.78, 5) is 8.97. The van der Waals surface area contributed by atoms with Crippen LogP contribution in [0.2, 0.25) is 5.02 Å². The second-order valence-corrected chi connectivity index (χ2v) is 6.30. The molecule has 2 aromatic rings. The summed E-state index contributed by atoms with van der Waals surface area (Å²) in [5, 5.41) is 0.618. The van der Waals surface area contributed by atoms with Crippen molar-refractivity contribution in [3.63, 3.8) is 0 Å². The predicted octanol–water partition coefficient (Wildman–Crippen LogP) is 3.89. The highest BCUT2D eigenvalue weighted by molar-refractivity contribution is 7.99. The molecule has 96 valence electrons. The molecule has 18 heavy (non-hydrogen) atoms. The Balaban J connectivity index is 2.12. The molecule has 3 rings (SSSR count). The SMILES string of the molecule is ClCc1nc2cc(Cl)cnc2n1C1CCSCC1. The van der Waals surface area contributed by atoms with Crippen LogP contribution in [0.15, 0.2) is 12.3 Å². The number of fused-ring (bicyclic) bond motifs is 1. The van der Waals surface area contributed by atoms with E-state index in [0.29, 0.717) is 16.9 Å². The van der Waals surface area contributed by atoms with Crippen LogP contribution in [0.3, 0.4) is 0 Å². The minimum Gasteiger partial charge on any atom is -0.309 e. The number of hydrogen-bond donors (Lipinski definition) is 0. The van der Waals surface area contributed by atoms with E-state index in [4.69, 9.17) is 23.2 Å². The van der Waals surface area contributed by atoms with Crippen LogP contribution in [0, 0.1) is 0 Å². The minimum atomic E-state index is 0.414. The third-order valence-electron chi connectivity index (χ3n) is 3.25. The summed E-state index contributed by atoms with van der Waals surface area (Å²) in [6, 6.07) is 2.33. The molecular weight excluding hydrogens is 289 g/mol. The van der Waals surface area contributed by atoms with Crippen molar-refractivity contribution in [2.75, 3.05) is 11.5 Å². The largest absolute Gasteiger partial charge is 0.309 e. The van der Waals surface area contributed by atoms with Crippen molar-refractivity contribution >= 4 is 46.1 Å². The highest BCUT2D eigenvalue weighted by atomic mass is 35.5. The summed E-state index contributed by atoms with van der Waals surface area (Å²) < 4.78 is 2.21. The Hall–Kier alpha value is -0.450. The molecule has 0 amide bonds. The van der Waals surface area contributed by atoms with Gasteiger partial charge in [-0.15, -0.1) is 11.6 Å². The molecule has 6 heteroatoms. The van der Waals surface area contributed by atoms with Gasteiger partial charge in [-0.25, -0.2) is 9.97 Å². The predicted molar refractivity (Wildman–Crippen MR) is 77.7 cm³/mol. The van der Waals surface area contributed by atoms with E-state index in [-0.39, 0.29) is 0 Å². The molecule has 3 nitrogen and oxygen atoms in total. The molecule has 0 radical (unpaired) electrons. The lowest BCUT2D eigenvalue weighted by Gasteiger charge is -2.24. The van der Waals surface area contributed by atoms with Crippen molar-refractivity contribution in [2.45, 2.75) is 24.8 Å². The van der Waals surface area contributed by atoms with E-state index < -0.39 is 0 Å². The van der Waals surface area contributed by atoms with Gasteiger partial charge in [0.2, 0.25) is 0 Å². The highest BCUT2D eigenvalue weighted by Crippen LogP contribution is 2.31. The maximum absolute atomic E-state index is 6.01. The van der Waals surface area contributed by atoms with Crippen LogP contribution in [-0.2, 0) is 5.88 Å². The molecule has 0 atom stereocenters. The van der Waals surface area contributed by atoms with Gasteiger partial charge in [-0.1, -0.05) is 11.6 Å². The van der Waals surface area contributed by atoms with Crippen LogP contribution in [0.4, 0.5) is 0 Å². The van der Waals surface area contributed by atoms with Crippen molar-refractivity contribution in [3.05, 3.63) is 23.1 Å². The number of thioether (sulfide) groups is 1. The standard InChI is InChI=1S/C12H13Cl2N3S/c13-6-11-16-10-5-8(14)7-15-12(10)17(11)9-1-3-18-4-2-9/h5,7,9H,1-4,6H2. The molecule has 1 fully saturated rings.